The summed E-state index contributed by atoms with van der Waals surface area (Å²) in [6.45, 7) is 0.481. The van der Waals surface area contributed by atoms with Gasteiger partial charge in [0.25, 0.3) is 0 Å². The Labute approximate surface area is 116 Å². The number of aromatic nitrogens is 1. The molecule has 5 heteroatoms. The number of ether oxygens (including phenoxy) is 2. The van der Waals surface area contributed by atoms with E-state index in [4.69, 9.17) is 21.1 Å². The molecule has 0 spiro atoms. The van der Waals surface area contributed by atoms with Gasteiger partial charge in [-0.25, -0.2) is 0 Å². The summed E-state index contributed by atoms with van der Waals surface area (Å²) in [6, 6.07) is 8.85. The summed E-state index contributed by atoms with van der Waals surface area (Å²) in [5.74, 6) is 1.27. The molecule has 0 amide bonds. The molecule has 2 rings (SSSR count). The van der Waals surface area contributed by atoms with Crippen molar-refractivity contribution in [3.63, 3.8) is 0 Å². The van der Waals surface area contributed by atoms with Gasteiger partial charge in [-0.05, 0) is 18.2 Å². The Hall–Kier alpha value is -1.94. The number of rotatable bonds is 5. The lowest BCUT2D eigenvalue weighted by molar-refractivity contribution is -0.605. The fourth-order valence-corrected chi connectivity index (χ4v) is 1.86. The maximum absolute atomic E-state index is 11.1. The lowest BCUT2D eigenvalue weighted by Gasteiger charge is -2.08. The molecular weight excluding hydrogens is 266 g/mol. The third kappa shape index (κ3) is 3.76. The van der Waals surface area contributed by atoms with Gasteiger partial charge in [-0.2, -0.15) is 4.73 Å². The zero-order valence-corrected chi connectivity index (χ0v) is 11.3. The molecule has 1 heterocycles. The Morgan fingerprint density at radius 1 is 1.32 bits per heavy atom. The third-order valence-corrected chi connectivity index (χ3v) is 2.93. The van der Waals surface area contributed by atoms with Crippen molar-refractivity contribution in [1.82, 2.24) is 0 Å². The molecule has 0 N–H and O–H groups in total. The van der Waals surface area contributed by atoms with Gasteiger partial charge in [0.05, 0.1) is 18.7 Å². The van der Waals surface area contributed by atoms with E-state index in [1.807, 2.05) is 6.07 Å². The standard InChI is InChI=1S/C14H14ClNO3/c1-18-14-9-12(4-5-13(14)15)19-8-6-11-3-2-7-16(17)10-11/h2-5,7,9-10H,6,8H2,1H3. The molecule has 0 unspecified atom stereocenters. The summed E-state index contributed by atoms with van der Waals surface area (Å²) in [5.41, 5.74) is 0.929. The maximum Gasteiger partial charge on any atom is 0.183 e. The lowest BCUT2D eigenvalue weighted by atomic mass is 10.2. The van der Waals surface area contributed by atoms with Gasteiger partial charge in [-0.15, -0.1) is 0 Å². The van der Waals surface area contributed by atoms with Crippen molar-refractivity contribution in [2.45, 2.75) is 6.42 Å². The van der Waals surface area contributed by atoms with E-state index in [1.54, 1.807) is 31.4 Å². The number of hydrogen-bond acceptors (Lipinski definition) is 3. The average Bonchev–Trinajstić information content (AvgIpc) is 2.41. The molecule has 0 aliphatic carbocycles. The van der Waals surface area contributed by atoms with Crippen molar-refractivity contribution in [2.24, 2.45) is 0 Å². The largest absolute Gasteiger partial charge is 0.619 e. The lowest BCUT2D eigenvalue weighted by Crippen LogP contribution is -2.25. The molecular formula is C14H14ClNO3. The number of benzene rings is 1. The second-order valence-electron chi connectivity index (χ2n) is 3.97. The highest BCUT2D eigenvalue weighted by Gasteiger charge is 2.03. The molecule has 100 valence electrons. The van der Waals surface area contributed by atoms with Crippen molar-refractivity contribution in [2.75, 3.05) is 13.7 Å². The Balaban J connectivity index is 1.92. The van der Waals surface area contributed by atoms with Gasteiger partial charge in [0.15, 0.2) is 12.4 Å². The molecule has 4 nitrogen and oxygen atoms in total. The predicted octanol–water partition coefficient (Wildman–Crippen LogP) is 2.60. The van der Waals surface area contributed by atoms with Crippen LogP contribution in [-0.4, -0.2) is 13.7 Å². The van der Waals surface area contributed by atoms with E-state index in [2.05, 4.69) is 0 Å². The average molecular weight is 280 g/mol. The Morgan fingerprint density at radius 2 is 2.16 bits per heavy atom. The van der Waals surface area contributed by atoms with Crippen molar-refractivity contribution in [3.05, 3.63) is 58.5 Å². The number of pyridine rings is 1. The van der Waals surface area contributed by atoms with Crippen LogP contribution in [0.15, 0.2) is 42.7 Å². The zero-order valence-electron chi connectivity index (χ0n) is 10.5. The fourth-order valence-electron chi connectivity index (χ4n) is 1.67. The molecule has 1 aromatic carbocycles. The Kier molecular flexibility index (Phi) is 4.47. The first-order chi connectivity index (χ1) is 9.19. The Bertz CT molecular complexity index is 560. The molecule has 0 aliphatic heterocycles. The van der Waals surface area contributed by atoms with Gasteiger partial charge in [-0.1, -0.05) is 11.6 Å². The van der Waals surface area contributed by atoms with Gasteiger partial charge < -0.3 is 14.7 Å². The molecule has 0 atom stereocenters. The molecule has 0 aliphatic rings. The second kappa shape index (κ2) is 6.29. The zero-order chi connectivity index (χ0) is 13.7. The van der Waals surface area contributed by atoms with Gasteiger partial charge in [0.2, 0.25) is 0 Å². The van der Waals surface area contributed by atoms with Gasteiger partial charge in [0.1, 0.15) is 11.5 Å². The van der Waals surface area contributed by atoms with Crippen LogP contribution in [0.4, 0.5) is 0 Å². The quantitative estimate of drug-likeness (QED) is 0.624. The normalized spacial score (nSPS) is 10.2. The monoisotopic (exact) mass is 279 g/mol. The summed E-state index contributed by atoms with van der Waals surface area (Å²) < 4.78 is 11.5. The third-order valence-electron chi connectivity index (χ3n) is 2.62. The minimum atomic E-state index is 0.481. The smallest absolute Gasteiger partial charge is 0.183 e. The number of methoxy groups -OCH3 is 1. The molecule has 1 aromatic heterocycles. The van der Waals surface area contributed by atoms with Crippen LogP contribution in [0.1, 0.15) is 5.56 Å². The van der Waals surface area contributed by atoms with Crippen LogP contribution in [0, 0.1) is 5.21 Å². The summed E-state index contributed by atoms with van der Waals surface area (Å²) in [6.07, 6.45) is 3.65. The highest BCUT2D eigenvalue weighted by Crippen LogP contribution is 2.28. The fraction of sp³-hybridized carbons (Fsp3) is 0.214. The van der Waals surface area contributed by atoms with E-state index in [9.17, 15) is 5.21 Å². The van der Waals surface area contributed by atoms with Crippen molar-refractivity contribution in [1.29, 1.82) is 0 Å². The molecule has 19 heavy (non-hydrogen) atoms. The predicted molar refractivity (Wildman–Crippen MR) is 72.6 cm³/mol. The summed E-state index contributed by atoms with van der Waals surface area (Å²) >= 11 is 5.93. The van der Waals surface area contributed by atoms with Crippen molar-refractivity contribution < 1.29 is 14.2 Å². The van der Waals surface area contributed by atoms with Gasteiger partial charge >= 0.3 is 0 Å². The molecule has 0 fully saturated rings. The van der Waals surface area contributed by atoms with E-state index >= 15 is 0 Å². The van der Waals surface area contributed by atoms with Crippen molar-refractivity contribution in [3.8, 4) is 11.5 Å². The SMILES string of the molecule is COc1cc(OCCc2ccc[n+]([O-])c2)ccc1Cl. The van der Waals surface area contributed by atoms with Gasteiger partial charge in [-0.3, -0.25) is 0 Å². The first-order valence-electron chi connectivity index (χ1n) is 5.83. The highest BCUT2D eigenvalue weighted by molar-refractivity contribution is 6.32. The van der Waals surface area contributed by atoms with E-state index in [1.165, 1.54) is 12.4 Å². The van der Waals surface area contributed by atoms with E-state index in [0.29, 0.717) is 29.5 Å². The topological polar surface area (TPSA) is 45.4 Å². The van der Waals surface area contributed by atoms with Crippen LogP contribution < -0.4 is 14.2 Å². The first-order valence-corrected chi connectivity index (χ1v) is 6.21. The van der Waals surface area contributed by atoms with E-state index in [-0.39, 0.29) is 0 Å². The van der Waals surface area contributed by atoms with E-state index < -0.39 is 0 Å². The van der Waals surface area contributed by atoms with E-state index in [0.717, 1.165) is 10.3 Å². The summed E-state index contributed by atoms with van der Waals surface area (Å²) in [4.78, 5) is 0. The van der Waals surface area contributed by atoms with Crippen LogP contribution >= 0.6 is 11.6 Å². The molecule has 0 radical (unpaired) electrons. The number of nitrogens with zero attached hydrogens (tertiary/aromatic N) is 1. The second-order valence-corrected chi connectivity index (χ2v) is 4.37. The summed E-state index contributed by atoms with van der Waals surface area (Å²) in [7, 11) is 1.56. The maximum atomic E-state index is 11.1. The first kappa shape index (κ1) is 13.5. The molecule has 0 saturated carbocycles. The van der Waals surface area contributed by atoms with Crippen LogP contribution in [0.2, 0.25) is 5.02 Å². The minimum Gasteiger partial charge on any atom is -0.619 e. The van der Waals surface area contributed by atoms with Crippen LogP contribution in [-0.2, 0) is 6.42 Å². The van der Waals surface area contributed by atoms with Crippen LogP contribution in [0.3, 0.4) is 0 Å². The molecule has 2 aromatic rings. The number of hydrogen-bond donors (Lipinski definition) is 0. The molecule has 0 saturated heterocycles. The Morgan fingerprint density at radius 3 is 2.89 bits per heavy atom. The summed E-state index contributed by atoms with van der Waals surface area (Å²) in [5, 5.41) is 11.6. The molecule has 0 bridgehead atoms. The van der Waals surface area contributed by atoms with Gasteiger partial charge in [0, 0.05) is 24.1 Å². The van der Waals surface area contributed by atoms with Crippen LogP contribution in [0.25, 0.3) is 0 Å². The number of halogens is 1. The van der Waals surface area contributed by atoms with Crippen molar-refractivity contribution >= 4 is 11.6 Å². The highest BCUT2D eigenvalue weighted by atomic mass is 35.5. The minimum absolute atomic E-state index is 0.481. The van der Waals surface area contributed by atoms with Crippen LogP contribution in [0.5, 0.6) is 11.5 Å².